The van der Waals surface area contributed by atoms with Gasteiger partial charge in [-0.15, -0.1) is 0 Å². The largest absolute Gasteiger partial charge is 0.462 e. The fourth-order valence-electron chi connectivity index (χ4n) is 7.14. The molecule has 0 aromatic heterocycles. The number of allylic oxidation sites excluding steroid dienone is 4. The first-order chi connectivity index (χ1) is 28.0. The number of hydrogen-bond donors (Lipinski definition) is 0. The van der Waals surface area contributed by atoms with Gasteiger partial charge in [-0.1, -0.05) is 199 Å². The van der Waals surface area contributed by atoms with Crippen LogP contribution in [0.25, 0.3) is 0 Å². The molecule has 0 spiro atoms. The van der Waals surface area contributed by atoms with Crippen molar-refractivity contribution in [3.63, 3.8) is 0 Å². The number of unbranched alkanes of at least 4 members (excludes halogenated alkanes) is 30. The minimum atomic E-state index is -0.772. The van der Waals surface area contributed by atoms with Gasteiger partial charge in [0.25, 0.3) is 0 Å². The summed E-state index contributed by atoms with van der Waals surface area (Å²) < 4.78 is 16.7. The molecule has 0 aromatic rings. The highest BCUT2D eigenvalue weighted by Crippen LogP contribution is 2.15. The Labute approximate surface area is 353 Å². The number of rotatable bonds is 45. The van der Waals surface area contributed by atoms with E-state index < -0.39 is 6.10 Å². The zero-order chi connectivity index (χ0) is 41.5. The molecular weight excluding hydrogens is 709 g/mol. The Morgan fingerprint density at radius 1 is 0.333 bits per heavy atom. The smallest absolute Gasteiger partial charge is 0.306 e. The van der Waals surface area contributed by atoms with Crippen molar-refractivity contribution in [3.8, 4) is 0 Å². The number of esters is 3. The molecule has 0 radical (unpaired) electrons. The van der Waals surface area contributed by atoms with Crippen molar-refractivity contribution in [2.24, 2.45) is 0 Å². The van der Waals surface area contributed by atoms with Gasteiger partial charge in [0.2, 0.25) is 0 Å². The zero-order valence-corrected chi connectivity index (χ0v) is 38.1. The minimum Gasteiger partial charge on any atom is -0.462 e. The standard InChI is InChI=1S/C51H94O6/c1-4-7-10-13-16-19-22-24-25-26-28-29-32-35-38-41-44-50(53)56-47-48(46-55-49(52)43-40-37-34-31-21-18-15-12-9-6-3)57-51(54)45-42-39-36-33-30-27-23-20-17-14-11-8-5-2/h20,23,25-26,48H,4-19,21-22,24,27-47H2,1-3H3/b23-20-,26-25-/t48-/m1/s1. The molecular formula is C51H94O6. The highest BCUT2D eigenvalue weighted by Gasteiger charge is 2.19. The maximum atomic E-state index is 12.7. The first-order valence-corrected chi connectivity index (χ1v) is 24.8. The monoisotopic (exact) mass is 803 g/mol. The summed E-state index contributed by atoms with van der Waals surface area (Å²) in [5.41, 5.74) is 0. The molecule has 0 N–H and O–H groups in total. The van der Waals surface area contributed by atoms with Gasteiger partial charge in [0.05, 0.1) is 0 Å². The van der Waals surface area contributed by atoms with E-state index in [4.69, 9.17) is 14.2 Å². The lowest BCUT2D eigenvalue weighted by molar-refractivity contribution is -0.167. The summed E-state index contributed by atoms with van der Waals surface area (Å²) in [4.78, 5) is 37.8. The Bertz CT molecular complexity index is 927. The molecule has 334 valence electrons. The lowest BCUT2D eigenvalue weighted by atomic mass is 10.1. The zero-order valence-electron chi connectivity index (χ0n) is 38.1. The second-order valence-corrected chi connectivity index (χ2v) is 16.7. The van der Waals surface area contributed by atoms with Gasteiger partial charge < -0.3 is 14.2 Å². The Balaban J connectivity index is 4.34. The number of hydrogen-bond acceptors (Lipinski definition) is 6. The average Bonchev–Trinajstić information content (AvgIpc) is 3.21. The van der Waals surface area contributed by atoms with E-state index in [0.29, 0.717) is 19.3 Å². The fourth-order valence-corrected chi connectivity index (χ4v) is 7.14. The third-order valence-corrected chi connectivity index (χ3v) is 10.9. The van der Waals surface area contributed by atoms with Crippen LogP contribution in [0.1, 0.15) is 265 Å². The molecule has 0 fully saturated rings. The lowest BCUT2D eigenvalue weighted by Gasteiger charge is -2.18. The Morgan fingerprint density at radius 3 is 0.895 bits per heavy atom. The van der Waals surface area contributed by atoms with E-state index in [1.54, 1.807) is 0 Å². The van der Waals surface area contributed by atoms with Crippen molar-refractivity contribution < 1.29 is 28.6 Å². The van der Waals surface area contributed by atoms with E-state index in [0.717, 1.165) is 70.6 Å². The maximum absolute atomic E-state index is 12.7. The van der Waals surface area contributed by atoms with Crippen molar-refractivity contribution in [1.29, 1.82) is 0 Å². The molecule has 0 unspecified atom stereocenters. The molecule has 0 saturated heterocycles. The van der Waals surface area contributed by atoms with E-state index in [1.165, 1.54) is 154 Å². The maximum Gasteiger partial charge on any atom is 0.306 e. The van der Waals surface area contributed by atoms with Crippen molar-refractivity contribution >= 4 is 17.9 Å². The summed E-state index contributed by atoms with van der Waals surface area (Å²) in [5.74, 6) is -0.884. The van der Waals surface area contributed by atoms with Crippen molar-refractivity contribution in [2.75, 3.05) is 13.2 Å². The van der Waals surface area contributed by atoms with Crippen LogP contribution in [0.15, 0.2) is 24.3 Å². The first kappa shape index (κ1) is 54.9. The van der Waals surface area contributed by atoms with Gasteiger partial charge in [-0.3, -0.25) is 14.4 Å². The van der Waals surface area contributed by atoms with Crippen LogP contribution in [0.5, 0.6) is 0 Å². The average molecular weight is 803 g/mol. The minimum absolute atomic E-state index is 0.0742. The van der Waals surface area contributed by atoms with Gasteiger partial charge in [0.15, 0.2) is 6.10 Å². The SMILES string of the molecule is CCCCCC/C=C\CCCCCCCC(=O)O[C@@H](COC(=O)CCCCCCC/C=C\CCCCCCCCC)COC(=O)CCCCCCCCCCCC. The van der Waals surface area contributed by atoms with Crippen molar-refractivity contribution in [3.05, 3.63) is 24.3 Å². The van der Waals surface area contributed by atoms with Crippen molar-refractivity contribution in [1.82, 2.24) is 0 Å². The molecule has 57 heavy (non-hydrogen) atoms. The Kier molecular flexibility index (Phi) is 44.9. The number of carbonyl (C=O) groups is 3. The van der Waals surface area contributed by atoms with Crippen LogP contribution in [0.2, 0.25) is 0 Å². The highest BCUT2D eigenvalue weighted by atomic mass is 16.6. The van der Waals surface area contributed by atoms with E-state index in [1.807, 2.05) is 0 Å². The molecule has 6 heteroatoms. The van der Waals surface area contributed by atoms with Crippen LogP contribution >= 0.6 is 0 Å². The molecule has 0 aliphatic rings. The van der Waals surface area contributed by atoms with Crippen LogP contribution < -0.4 is 0 Å². The molecule has 0 bridgehead atoms. The van der Waals surface area contributed by atoms with Crippen LogP contribution in [0.3, 0.4) is 0 Å². The normalized spacial score (nSPS) is 12.1. The van der Waals surface area contributed by atoms with Crippen molar-refractivity contribution in [2.45, 2.75) is 271 Å². The predicted molar refractivity (Wildman–Crippen MR) is 243 cm³/mol. The van der Waals surface area contributed by atoms with Crippen LogP contribution in [0, 0.1) is 0 Å². The van der Waals surface area contributed by atoms with Gasteiger partial charge in [-0.25, -0.2) is 0 Å². The first-order valence-electron chi connectivity index (χ1n) is 24.8. The molecule has 0 aliphatic heterocycles. The third kappa shape index (κ3) is 44.8. The molecule has 0 amide bonds. The second kappa shape index (κ2) is 46.6. The summed E-state index contributed by atoms with van der Waals surface area (Å²) in [7, 11) is 0. The summed E-state index contributed by atoms with van der Waals surface area (Å²) in [6, 6.07) is 0. The van der Waals surface area contributed by atoms with Gasteiger partial charge in [-0.2, -0.15) is 0 Å². The summed E-state index contributed by atoms with van der Waals surface area (Å²) in [6.45, 7) is 6.61. The third-order valence-electron chi connectivity index (χ3n) is 10.9. The van der Waals surface area contributed by atoms with E-state index >= 15 is 0 Å². The van der Waals surface area contributed by atoms with Gasteiger partial charge >= 0.3 is 17.9 Å². The topological polar surface area (TPSA) is 78.9 Å². The molecule has 6 nitrogen and oxygen atoms in total. The molecule has 0 saturated carbocycles. The predicted octanol–water partition coefficient (Wildman–Crippen LogP) is 16.0. The van der Waals surface area contributed by atoms with Gasteiger partial charge in [0, 0.05) is 19.3 Å². The lowest BCUT2D eigenvalue weighted by Crippen LogP contribution is -2.30. The molecule has 0 aromatic carbocycles. The van der Waals surface area contributed by atoms with Gasteiger partial charge in [-0.05, 0) is 70.6 Å². The summed E-state index contributed by atoms with van der Waals surface area (Å²) in [6.07, 6.45) is 51.6. The van der Waals surface area contributed by atoms with Gasteiger partial charge in [0.1, 0.15) is 13.2 Å². The number of ether oxygens (including phenoxy) is 3. The second-order valence-electron chi connectivity index (χ2n) is 16.7. The van der Waals surface area contributed by atoms with Crippen LogP contribution in [0.4, 0.5) is 0 Å². The Morgan fingerprint density at radius 2 is 0.579 bits per heavy atom. The summed E-state index contributed by atoms with van der Waals surface area (Å²) in [5, 5.41) is 0. The quantitative estimate of drug-likeness (QED) is 0.0264. The van der Waals surface area contributed by atoms with E-state index in [9.17, 15) is 14.4 Å². The van der Waals surface area contributed by atoms with E-state index in [-0.39, 0.29) is 31.1 Å². The highest BCUT2D eigenvalue weighted by molar-refractivity contribution is 5.71. The Hall–Kier alpha value is -2.11. The van der Waals surface area contributed by atoms with Crippen LogP contribution in [-0.4, -0.2) is 37.2 Å². The summed E-state index contributed by atoms with van der Waals surface area (Å²) >= 11 is 0. The molecule has 0 aliphatic carbocycles. The molecule has 0 heterocycles. The fraction of sp³-hybridized carbons (Fsp3) is 0.863. The molecule has 1 atom stereocenters. The molecule has 0 rings (SSSR count). The number of carbonyl (C=O) groups excluding carboxylic acids is 3. The van der Waals surface area contributed by atoms with Crippen LogP contribution in [-0.2, 0) is 28.6 Å². The van der Waals surface area contributed by atoms with E-state index in [2.05, 4.69) is 45.1 Å².